The Kier molecular flexibility index (Phi) is 7.33. The molecule has 0 bridgehead atoms. The smallest absolute Gasteiger partial charge is 0.271 e. The second-order valence-corrected chi connectivity index (χ2v) is 8.67. The number of nitrogens with zero attached hydrogens (tertiary/aromatic N) is 2. The average molecular weight is 420 g/mol. The summed E-state index contributed by atoms with van der Waals surface area (Å²) in [5.41, 5.74) is 2.63. The highest BCUT2D eigenvalue weighted by Crippen LogP contribution is 2.23. The topological polar surface area (TPSA) is 110 Å². The van der Waals surface area contributed by atoms with Crippen molar-refractivity contribution in [2.24, 2.45) is 0 Å². The number of nitro groups is 1. The Balaban J connectivity index is 2.01. The van der Waals surface area contributed by atoms with Crippen molar-refractivity contribution < 1.29 is 18.1 Å². The molecule has 2 aromatic rings. The van der Waals surface area contributed by atoms with Crippen molar-refractivity contribution in [3.05, 3.63) is 63.7 Å². The number of benzene rings is 2. The molecule has 0 radical (unpaired) electrons. The third-order valence-electron chi connectivity index (χ3n) is 4.50. The minimum Gasteiger partial charge on any atom is -0.326 e. The predicted molar refractivity (Wildman–Crippen MR) is 114 cm³/mol. The molecule has 0 aliphatic rings. The average Bonchev–Trinajstić information content (AvgIpc) is 2.66. The van der Waals surface area contributed by atoms with Crippen LogP contribution in [0.15, 0.2) is 42.5 Å². The van der Waals surface area contributed by atoms with E-state index in [-0.39, 0.29) is 24.6 Å². The van der Waals surface area contributed by atoms with Crippen LogP contribution in [-0.2, 0) is 21.2 Å². The summed E-state index contributed by atoms with van der Waals surface area (Å²) in [5, 5.41) is 13.6. The second kappa shape index (κ2) is 9.51. The number of anilines is 2. The van der Waals surface area contributed by atoms with Crippen molar-refractivity contribution in [2.75, 3.05) is 22.4 Å². The van der Waals surface area contributed by atoms with Gasteiger partial charge in [0, 0.05) is 25.1 Å². The number of sulfonamides is 1. The van der Waals surface area contributed by atoms with Gasteiger partial charge in [0.25, 0.3) is 5.69 Å². The normalized spacial score (nSPS) is 11.1. The first kappa shape index (κ1) is 22.4. The highest BCUT2D eigenvalue weighted by molar-refractivity contribution is 7.92. The van der Waals surface area contributed by atoms with Crippen LogP contribution in [0.2, 0.25) is 0 Å². The third kappa shape index (κ3) is 6.28. The van der Waals surface area contributed by atoms with Gasteiger partial charge in [-0.2, -0.15) is 0 Å². The Bertz CT molecular complexity index is 988. The molecule has 2 rings (SSSR count). The molecule has 0 heterocycles. The lowest BCUT2D eigenvalue weighted by Crippen LogP contribution is -2.31. The van der Waals surface area contributed by atoms with Crippen LogP contribution in [0.25, 0.3) is 0 Å². The van der Waals surface area contributed by atoms with E-state index in [1.54, 1.807) is 25.1 Å². The van der Waals surface area contributed by atoms with Crippen LogP contribution in [0.3, 0.4) is 0 Å². The predicted octanol–water partition coefficient (Wildman–Crippen LogP) is 3.65. The van der Waals surface area contributed by atoms with Crippen molar-refractivity contribution in [3.8, 4) is 0 Å². The summed E-state index contributed by atoms with van der Waals surface area (Å²) in [6.45, 7) is 3.92. The van der Waals surface area contributed by atoms with E-state index in [4.69, 9.17) is 0 Å². The molecule has 8 nitrogen and oxygen atoms in total. The first-order valence-corrected chi connectivity index (χ1v) is 11.1. The van der Waals surface area contributed by atoms with Crippen molar-refractivity contribution in [1.29, 1.82) is 0 Å². The lowest BCUT2D eigenvalue weighted by atomic mass is 10.1. The SMILES string of the molecule is CCc1ccc(N(CCCC(=O)Nc2cc([N+](=O)[O-])ccc2C)S(C)(=O)=O)cc1. The number of amides is 1. The van der Waals surface area contributed by atoms with Crippen molar-refractivity contribution >= 4 is 33.0 Å². The van der Waals surface area contributed by atoms with Gasteiger partial charge in [-0.05, 0) is 43.0 Å². The van der Waals surface area contributed by atoms with Crippen molar-refractivity contribution in [3.63, 3.8) is 0 Å². The molecule has 0 aromatic heterocycles. The quantitative estimate of drug-likeness (QED) is 0.493. The fraction of sp³-hybridized carbons (Fsp3) is 0.350. The molecule has 1 N–H and O–H groups in total. The van der Waals surface area contributed by atoms with Crippen molar-refractivity contribution in [1.82, 2.24) is 0 Å². The first-order chi connectivity index (χ1) is 13.6. The first-order valence-electron chi connectivity index (χ1n) is 9.23. The fourth-order valence-corrected chi connectivity index (χ4v) is 3.80. The maximum atomic E-state index is 12.2. The molecular weight excluding hydrogens is 394 g/mol. The minimum absolute atomic E-state index is 0.0845. The van der Waals surface area contributed by atoms with E-state index in [0.29, 0.717) is 23.4 Å². The lowest BCUT2D eigenvalue weighted by Gasteiger charge is -2.22. The van der Waals surface area contributed by atoms with E-state index in [0.717, 1.165) is 18.2 Å². The van der Waals surface area contributed by atoms with Gasteiger partial charge in [-0.3, -0.25) is 19.2 Å². The third-order valence-corrected chi connectivity index (χ3v) is 5.70. The molecule has 0 saturated heterocycles. The van der Waals surface area contributed by atoms with Gasteiger partial charge in [-0.25, -0.2) is 8.42 Å². The molecule has 0 unspecified atom stereocenters. The number of hydrogen-bond acceptors (Lipinski definition) is 5. The molecule has 0 aliphatic heterocycles. The Morgan fingerprint density at radius 1 is 1.17 bits per heavy atom. The summed E-state index contributed by atoms with van der Waals surface area (Å²) in [5.74, 6) is -0.330. The zero-order valence-corrected chi connectivity index (χ0v) is 17.5. The van der Waals surface area contributed by atoms with E-state index < -0.39 is 14.9 Å². The number of carbonyl (C=O) groups excluding carboxylic acids is 1. The molecule has 0 atom stereocenters. The molecule has 0 aliphatic carbocycles. The van der Waals surface area contributed by atoms with Crippen LogP contribution >= 0.6 is 0 Å². The Labute approximate surface area is 170 Å². The summed E-state index contributed by atoms with van der Waals surface area (Å²) in [6, 6.07) is 11.5. The number of nitrogens with one attached hydrogen (secondary N) is 1. The van der Waals surface area contributed by atoms with Crippen molar-refractivity contribution in [2.45, 2.75) is 33.1 Å². The summed E-state index contributed by atoms with van der Waals surface area (Å²) in [7, 11) is -3.49. The van der Waals surface area contributed by atoms with Gasteiger partial charge in [0.15, 0.2) is 0 Å². The van der Waals surface area contributed by atoms with Gasteiger partial charge in [0.05, 0.1) is 22.6 Å². The van der Waals surface area contributed by atoms with E-state index in [2.05, 4.69) is 5.32 Å². The zero-order chi connectivity index (χ0) is 21.6. The molecular formula is C20H25N3O5S. The van der Waals surface area contributed by atoms with E-state index in [9.17, 15) is 23.3 Å². The standard InChI is InChI=1S/C20H25N3O5S/c1-4-16-8-11-17(12-9-16)22(29(3,27)28)13-5-6-20(24)21-19-14-18(23(25)26)10-7-15(19)2/h7-12,14H,4-6,13H2,1-3H3,(H,21,24). The number of non-ortho nitro benzene ring substituents is 1. The largest absolute Gasteiger partial charge is 0.326 e. The maximum Gasteiger partial charge on any atom is 0.271 e. The molecule has 0 fully saturated rings. The van der Waals surface area contributed by atoms with Crippen LogP contribution < -0.4 is 9.62 Å². The monoisotopic (exact) mass is 419 g/mol. The number of nitro benzene ring substituents is 1. The van der Waals surface area contributed by atoms with Gasteiger partial charge in [0.2, 0.25) is 15.9 Å². The number of carbonyl (C=O) groups is 1. The van der Waals surface area contributed by atoms with Crippen LogP contribution in [0.5, 0.6) is 0 Å². The van der Waals surface area contributed by atoms with E-state index in [1.807, 2.05) is 19.1 Å². The summed E-state index contributed by atoms with van der Waals surface area (Å²) in [4.78, 5) is 22.6. The van der Waals surface area contributed by atoms with Gasteiger partial charge in [0.1, 0.15) is 0 Å². The maximum absolute atomic E-state index is 12.2. The Morgan fingerprint density at radius 2 is 1.83 bits per heavy atom. The van der Waals surface area contributed by atoms with Gasteiger partial charge < -0.3 is 5.32 Å². The molecule has 9 heteroatoms. The van der Waals surface area contributed by atoms with E-state index >= 15 is 0 Å². The Morgan fingerprint density at radius 3 is 2.38 bits per heavy atom. The van der Waals surface area contributed by atoms with Gasteiger partial charge in [-0.1, -0.05) is 25.1 Å². The van der Waals surface area contributed by atoms with Gasteiger partial charge >= 0.3 is 0 Å². The minimum atomic E-state index is -3.49. The zero-order valence-electron chi connectivity index (χ0n) is 16.7. The molecule has 0 saturated carbocycles. The summed E-state index contributed by atoms with van der Waals surface area (Å²) < 4.78 is 25.6. The molecule has 1 amide bonds. The molecule has 156 valence electrons. The van der Waals surface area contributed by atoms with Gasteiger partial charge in [-0.15, -0.1) is 0 Å². The number of rotatable bonds is 9. The highest BCUT2D eigenvalue weighted by Gasteiger charge is 2.18. The number of aryl methyl sites for hydroxylation is 2. The molecule has 0 spiro atoms. The molecule has 29 heavy (non-hydrogen) atoms. The molecule has 2 aromatic carbocycles. The van der Waals surface area contributed by atoms with Crippen LogP contribution in [0, 0.1) is 17.0 Å². The second-order valence-electron chi connectivity index (χ2n) is 6.76. The van der Waals surface area contributed by atoms with Crippen LogP contribution in [0.1, 0.15) is 30.9 Å². The summed E-state index contributed by atoms with van der Waals surface area (Å²) >= 11 is 0. The van der Waals surface area contributed by atoms with Crippen LogP contribution in [-0.4, -0.2) is 32.0 Å². The van der Waals surface area contributed by atoms with E-state index in [1.165, 1.54) is 16.4 Å². The van der Waals surface area contributed by atoms with Crippen LogP contribution in [0.4, 0.5) is 17.1 Å². The fourth-order valence-electron chi connectivity index (χ4n) is 2.84. The number of hydrogen-bond donors (Lipinski definition) is 1. The highest BCUT2D eigenvalue weighted by atomic mass is 32.2. The summed E-state index contributed by atoms with van der Waals surface area (Å²) in [6.07, 6.45) is 2.38. The lowest BCUT2D eigenvalue weighted by molar-refractivity contribution is -0.384. The Hall–Kier alpha value is -2.94.